The Hall–Kier alpha value is -1.41. The summed E-state index contributed by atoms with van der Waals surface area (Å²) >= 11 is 4.47. The summed E-state index contributed by atoms with van der Waals surface area (Å²) in [6.45, 7) is 2.08. The number of aryl methyl sites for hydroxylation is 1. The zero-order valence-corrected chi connectivity index (χ0v) is 10.3. The molecule has 0 aliphatic heterocycles. The Labute approximate surface area is 101 Å². The first-order chi connectivity index (χ1) is 7.72. The van der Waals surface area contributed by atoms with E-state index in [9.17, 15) is 0 Å². The predicted octanol–water partition coefficient (Wildman–Crippen LogP) is 3.96. The van der Waals surface area contributed by atoms with Crippen LogP contribution in [-0.4, -0.2) is 7.11 Å². The summed E-state index contributed by atoms with van der Waals surface area (Å²) in [5, 5.41) is 0. The molecule has 2 heteroatoms. The molecule has 2 rings (SSSR count). The van der Waals surface area contributed by atoms with Crippen molar-refractivity contribution < 1.29 is 4.74 Å². The van der Waals surface area contributed by atoms with E-state index in [0.29, 0.717) is 0 Å². The summed E-state index contributed by atoms with van der Waals surface area (Å²) in [6.07, 6.45) is 0. The van der Waals surface area contributed by atoms with E-state index in [1.807, 2.05) is 30.3 Å². The van der Waals surface area contributed by atoms with Gasteiger partial charge in [0, 0.05) is 4.90 Å². The summed E-state index contributed by atoms with van der Waals surface area (Å²) < 4.78 is 5.20. The molecule has 1 nitrogen and oxygen atoms in total. The lowest BCUT2D eigenvalue weighted by molar-refractivity contribution is 0.414. The van der Waals surface area contributed by atoms with Gasteiger partial charge in [0.2, 0.25) is 0 Å². The van der Waals surface area contributed by atoms with Gasteiger partial charge in [0.1, 0.15) is 5.75 Å². The summed E-state index contributed by atoms with van der Waals surface area (Å²) in [6, 6.07) is 14.2. The first-order valence-electron chi connectivity index (χ1n) is 5.15. The van der Waals surface area contributed by atoms with Crippen molar-refractivity contribution in [2.75, 3.05) is 7.11 Å². The van der Waals surface area contributed by atoms with Crippen LogP contribution in [0.15, 0.2) is 47.4 Å². The topological polar surface area (TPSA) is 9.23 Å². The summed E-state index contributed by atoms with van der Waals surface area (Å²) in [4.78, 5) is 0.996. The van der Waals surface area contributed by atoms with Crippen LogP contribution < -0.4 is 4.74 Å². The molecule has 0 aliphatic carbocycles. The van der Waals surface area contributed by atoms with Crippen molar-refractivity contribution in [2.24, 2.45) is 0 Å². The molecule has 0 atom stereocenters. The number of hydrogen-bond donors (Lipinski definition) is 1. The minimum absolute atomic E-state index is 0.887. The van der Waals surface area contributed by atoms with Crippen molar-refractivity contribution >= 4 is 12.6 Å². The molecule has 0 radical (unpaired) electrons. The van der Waals surface area contributed by atoms with E-state index in [1.165, 1.54) is 11.1 Å². The van der Waals surface area contributed by atoms with Crippen LogP contribution in [0.5, 0.6) is 5.75 Å². The fourth-order valence-corrected chi connectivity index (χ4v) is 2.05. The highest BCUT2D eigenvalue weighted by Gasteiger charge is 2.05. The maximum absolute atomic E-state index is 5.20. The molecule has 2 aromatic rings. The van der Waals surface area contributed by atoms with Gasteiger partial charge in [0.25, 0.3) is 0 Å². The van der Waals surface area contributed by atoms with Crippen LogP contribution in [0, 0.1) is 6.92 Å². The van der Waals surface area contributed by atoms with Crippen LogP contribution in [0.1, 0.15) is 5.56 Å². The molecule has 0 N–H and O–H groups in total. The molecule has 0 aliphatic rings. The van der Waals surface area contributed by atoms with E-state index in [4.69, 9.17) is 4.74 Å². The van der Waals surface area contributed by atoms with Gasteiger partial charge in [-0.15, -0.1) is 12.6 Å². The van der Waals surface area contributed by atoms with Crippen molar-refractivity contribution in [3.63, 3.8) is 0 Å². The van der Waals surface area contributed by atoms with E-state index in [0.717, 1.165) is 16.2 Å². The molecule has 0 spiro atoms. The van der Waals surface area contributed by atoms with Gasteiger partial charge in [-0.25, -0.2) is 0 Å². The molecule has 0 saturated carbocycles. The average molecular weight is 230 g/mol. The lowest BCUT2D eigenvalue weighted by Crippen LogP contribution is -1.88. The summed E-state index contributed by atoms with van der Waals surface area (Å²) in [5.74, 6) is 0.887. The third kappa shape index (κ3) is 2.07. The molecule has 0 heterocycles. The second-order valence-corrected chi connectivity index (χ2v) is 4.18. The quantitative estimate of drug-likeness (QED) is 0.768. The highest BCUT2D eigenvalue weighted by atomic mass is 32.1. The molecular formula is C14H14OS. The van der Waals surface area contributed by atoms with Crippen LogP contribution in [0.25, 0.3) is 11.1 Å². The molecular weight excluding hydrogens is 216 g/mol. The minimum Gasteiger partial charge on any atom is -0.497 e. The Bertz CT molecular complexity index is 506. The van der Waals surface area contributed by atoms with E-state index < -0.39 is 0 Å². The Morgan fingerprint density at radius 1 is 1.00 bits per heavy atom. The van der Waals surface area contributed by atoms with Crippen LogP contribution in [0.3, 0.4) is 0 Å². The standard InChI is InChI=1S/C14H14OS/c1-10-9-11(15-2)7-8-12(10)13-5-3-4-6-14(13)16/h3-9,16H,1-2H3. The zero-order chi connectivity index (χ0) is 11.5. The largest absolute Gasteiger partial charge is 0.497 e. The number of ether oxygens (including phenoxy) is 1. The first-order valence-corrected chi connectivity index (χ1v) is 5.60. The normalized spacial score (nSPS) is 10.2. The second-order valence-electron chi connectivity index (χ2n) is 3.70. The van der Waals surface area contributed by atoms with Crippen molar-refractivity contribution in [1.82, 2.24) is 0 Å². The SMILES string of the molecule is COc1ccc(-c2ccccc2S)c(C)c1. The van der Waals surface area contributed by atoms with Crippen LogP contribution in [-0.2, 0) is 0 Å². The van der Waals surface area contributed by atoms with Gasteiger partial charge in [-0.1, -0.05) is 24.3 Å². The fraction of sp³-hybridized carbons (Fsp3) is 0.143. The van der Waals surface area contributed by atoms with Gasteiger partial charge in [-0.2, -0.15) is 0 Å². The molecule has 0 amide bonds. The van der Waals surface area contributed by atoms with Gasteiger partial charge in [-0.3, -0.25) is 0 Å². The smallest absolute Gasteiger partial charge is 0.119 e. The molecule has 0 saturated heterocycles. The van der Waals surface area contributed by atoms with Crippen molar-refractivity contribution in [3.05, 3.63) is 48.0 Å². The van der Waals surface area contributed by atoms with Crippen molar-refractivity contribution in [1.29, 1.82) is 0 Å². The molecule has 82 valence electrons. The highest BCUT2D eigenvalue weighted by Crippen LogP contribution is 2.30. The first kappa shape index (κ1) is 11.1. The average Bonchev–Trinajstić information content (AvgIpc) is 2.30. The van der Waals surface area contributed by atoms with Gasteiger partial charge in [-0.05, 0) is 41.8 Å². The molecule has 2 aromatic carbocycles. The lowest BCUT2D eigenvalue weighted by atomic mass is 10.0. The molecule has 0 unspecified atom stereocenters. The molecule has 16 heavy (non-hydrogen) atoms. The number of thiol groups is 1. The van der Waals surface area contributed by atoms with Crippen molar-refractivity contribution in [2.45, 2.75) is 11.8 Å². The number of benzene rings is 2. The van der Waals surface area contributed by atoms with E-state index in [2.05, 4.69) is 31.7 Å². The van der Waals surface area contributed by atoms with Gasteiger partial charge < -0.3 is 4.74 Å². The molecule has 0 aromatic heterocycles. The van der Waals surface area contributed by atoms with Crippen LogP contribution in [0.2, 0.25) is 0 Å². The third-order valence-electron chi connectivity index (χ3n) is 2.63. The number of methoxy groups -OCH3 is 1. The van der Waals surface area contributed by atoms with Crippen LogP contribution in [0.4, 0.5) is 0 Å². The minimum atomic E-state index is 0.887. The maximum atomic E-state index is 5.20. The monoisotopic (exact) mass is 230 g/mol. The third-order valence-corrected chi connectivity index (χ3v) is 3.02. The highest BCUT2D eigenvalue weighted by molar-refractivity contribution is 7.80. The predicted molar refractivity (Wildman–Crippen MR) is 70.4 cm³/mol. The van der Waals surface area contributed by atoms with E-state index in [1.54, 1.807) is 7.11 Å². The van der Waals surface area contributed by atoms with E-state index in [-0.39, 0.29) is 0 Å². The van der Waals surface area contributed by atoms with Gasteiger partial charge in [0.05, 0.1) is 7.11 Å². The van der Waals surface area contributed by atoms with Gasteiger partial charge in [0.15, 0.2) is 0 Å². The summed E-state index contributed by atoms with van der Waals surface area (Å²) in [5.41, 5.74) is 3.55. The Morgan fingerprint density at radius 2 is 1.75 bits per heavy atom. The molecule has 0 bridgehead atoms. The Kier molecular flexibility index (Phi) is 3.20. The Morgan fingerprint density at radius 3 is 2.38 bits per heavy atom. The van der Waals surface area contributed by atoms with Crippen LogP contribution >= 0.6 is 12.6 Å². The van der Waals surface area contributed by atoms with E-state index >= 15 is 0 Å². The number of hydrogen-bond acceptors (Lipinski definition) is 2. The fourth-order valence-electron chi connectivity index (χ4n) is 1.77. The van der Waals surface area contributed by atoms with Crippen molar-refractivity contribution in [3.8, 4) is 16.9 Å². The molecule has 0 fully saturated rings. The second kappa shape index (κ2) is 4.62. The zero-order valence-electron chi connectivity index (χ0n) is 9.40. The van der Waals surface area contributed by atoms with Gasteiger partial charge >= 0.3 is 0 Å². The maximum Gasteiger partial charge on any atom is 0.119 e. The lowest BCUT2D eigenvalue weighted by Gasteiger charge is -2.10. The summed E-state index contributed by atoms with van der Waals surface area (Å²) in [7, 11) is 1.68. The number of rotatable bonds is 2. The Balaban J connectivity index is 2.53.